The van der Waals surface area contributed by atoms with E-state index >= 15 is 0 Å². The van der Waals surface area contributed by atoms with E-state index in [1.165, 1.54) is 4.90 Å². The highest BCUT2D eigenvalue weighted by atomic mass is 79.9. The third-order valence-corrected chi connectivity index (χ3v) is 5.92. The summed E-state index contributed by atoms with van der Waals surface area (Å²) in [5.41, 5.74) is 1.46. The molecule has 0 bridgehead atoms. The number of carbonyl (C=O) groups is 2. The number of rotatable bonds is 3. The minimum Gasteiger partial charge on any atom is -0.454 e. The molecular weight excluding hydrogens is 442 g/mol. The zero-order valence-electron chi connectivity index (χ0n) is 13.2. The second-order valence-corrected chi connectivity index (χ2v) is 7.84. The van der Waals surface area contributed by atoms with Crippen molar-refractivity contribution in [2.45, 2.75) is 6.54 Å². The lowest BCUT2D eigenvalue weighted by molar-refractivity contribution is -0.123. The molecule has 1 saturated heterocycles. The lowest BCUT2D eigenvalue weighted by atomic mass is 10.1. The Balaban J connectivity index is 1.60. The Morgan fingerprint density at radius 2 is 1.92 bits per heavy atom. The summed E-state index contributed by atoms with van der Waals surface area (Å²) in [7, 11) is 0. The van der Waals surface area contributed by atoms with Crippen LogP contribution in [0.2, 0.25) is 5.02 Å². The van der Waals surface area contributed by atoms with Gasteiger partial charge in [0.05, 0.1) is 11.4 Å². The van der Waals surface area contributed by atoms with Gasteiger partial charge in [-0.15, -0.1) is 0 Å². The Morgan fingerprint density at radius 1 is 1.19 bits per heavy atom. The number of thioether (sulfide) groups is 1. The second kappa shape index (κ2) is 6.98. The number of hydrogen-bond donors (Lipinski definition) is 0. The second-order valence-electron chi connectivity index (χ2n) is 5.59. The van der Waals surface area contributed by atoms with E-state index in [1.807, 2.05) is 24.3 Å². The van der Waals surface area contributed by atoms with Gasteiger partial charge in [-0.3, -0.25) is 14.5 Å². The van der Waals surface area contributed by atoms with Crippen LogP contribution in [0.25, 0.3) is 6.08 Å². The van der Waals surface area contributed by atoms with Gasteiger partial charge < -0.3 is 9.47 Å². The van der Waals surface area contributed by atoms with Crippen LogP contribution in [0.4, 0.5) is 4.79 Å². The van der Waals surface area contributed by atoms with E-state index < -0.39 is 0 Å². The Morgan fingerprint density at radius 3 is 2.69 bits per heavy atom. The van der Waals surface area contributed by atoms with Crippen LogP contribution in [0.3, 0.4) is 0 Å². The Bertz CT molecular complexity index is 962. The highest BCUT2D eigenvalue weighted by molar-refractivity contribution is 9.10. The fourth-order valence-corrected chi connectivity index (χ4v) is 4.06. The van der Waals surface area contributed by atoms with Gasteiger partial charge in [0.1, 0.15) is 0 Å². The maximum absolute atomic E-state index is 12.7. The van der Waals surface area contributed by atoms with Crippen LogP contribution in [0.5, 0.6) is 11.5 Å². The van der Waals surface area contributed by atoms with Crippen molar-refractivity contribution >= 4 is 56.5 Å². The lowest BCUT2D eigenvalue weighted by Crippen LogP contribution is -2.27. The first kappa shape index (κ1) is 17.5. The molecule has 26 heavy (non-hydrogen) atoms. The Labute approximate surface area is 167 Å². The van der Waals surface area contributed by atoms with Crippen molar-refractivity contribution in [2.75, 3.05) is 6.79 Å². The van der Waals surface area contributed by atoms with Crippen molar-refractivity contribution in [3.8, 4) is 11.5 Å². The van der Waals surface area contributed by atoms with Crippen LogP contribution in [0.1, 0.15) is 11.1 Å². The number of halogens is 2. The van der Waals surface area contributed by atoms with Crippen LogP contribution < -0.4 is 9.47 Å². The summed E-state index contributed by atoms with van der Waals surface area (Å²) < 4.78 is 11.5. The topological polar surface area (TPSA) is 55.8 Å². The minimum atomic E-state index is -0.343. The zero-order chi connectivity index (χ0) is 18.3. The smallest absolute Gasteiger partial charge is 0.293 e. The van der Waals surface area contributed by atoms with Crippen LogP contribution in [-0.4, -0.2) is 22.8 Å². The molecule has 132 valence electrons. The molecule has 0 aliphatic carbocycles. The Kier molecular flexibility index (Phi) is 4.69. The summed E-state index contributed by atoms with van der Waals surface area (Å²) in [4.78, 5) is 26.6. The first-order valence-corrected chi connectivity index (χ1v) is 9.59. The number of carbonyl (C=O) groups excluding carboxylic acids is 2. The molecule has 0 radical (unpaired) electrons. The molecule has 2 amide bonds. The van der Waals surface area contributed by atoms with Gasteiger partial charge in [0.2, 0.25) is 6.79 Å². The molecule has 0 unspecified atom stereocenters. The number of fused-ring (bicyclic) bond motifs is 1. The summed E-state index contributed by atoms with van der Waals surface area (Å²) in [6.07, 6.45) is 1.70. The predicted molar refractivity (Wildman–Crippen MR) is 103 cm³/mol. The monoisotopic (exact) mass is 451 g/mol. The van der Waals surface area contributed by atoms with E-state index in [2.05, 4.69) is 15.9 Å². The van der Waals surface area contributed by atoms with Gasteiger partial charge >= 0.3 is 0 Å². The molecule has 2 aromatic rings. The largest absolute Gasteiger partial charge is 0.454 e. The van der Waals surface area contributed by atoms with E-state index in [1.54, 1.807) is 18.2 Å². The van der Waals surface area contributed by atoms with Crippen LogP contribution >= 0.6 is 39.3 Å². The lowest BCUT2D eigenvalue weighted by Gasteiger charge is -2.14. The van der Waals surface area contributed by atoms with Crippen molar-refractivity contribution < 1.29 is 19.1 Å². The average Bonchev–Trinajstić information content (AvgIpc) is 3.16. The number of benzene rings is 2. The molecule has 0 aromatic heterocycles. The van der Waals surface area contributed by atoms with Gasteiger partial charge in [0.25, 0.3) is 11.1 Å². The average molecular weight is 453 g/mol. The fraction of sp³-hybridized carbons (Fsp3) is 0.111. The number of nitrogens with zero attached hydrogens (tertiary/aromatic N) is 1. The molecule has 4 rings (SSSR count). The first-order chi connectivity index (χ1) is 12.5. The number of amides is 2. The van der Waals surface area contributed by atoms with Crippen LogP contribution in [0.15, 0.2) is 45.8 Å². The molecular formula is C18H11BrClNO4S. The van der Waals surface area contributed by atoms with Crippen molar-refractivity contribution in [1.82, 2.24) is 4.90 Å². The predicted octanol–water partition coefficient (Wildman–Crippen LogP) is 5.07. The molecule has 0 N–H and O–H groups in total. The molecule has 0 atom stereocenters. The van der Waals surface area contributed by atoms with Gasteiger partial charge in [0, 0.05) is 15.6 Å². The maximum atomic E-state index is 12.7. The highest BCUT2D eigenvalue weighted by Crippen LogP contribution is 2.39. The van der Waals surface area contributed by atoms with Crippen LogP contribution in [-0.2, 0) is 11.3 Å². The molecule has 0 spiro atoms. The molecule has 5 nitrogen and oxygen atoms in total. The number of imide groups is 1. The summed E-state index contributed by atoms with van der Waals surface area (Å²) in [5, 5.41) is 0.0881. The molecule has 8 heteroatoms. The normalized spacial score (nSPS) is 17.5. The Hall–Kier alpha value is -1.96. The summed E-state index contributed by atoms with van der Waals surface area (Å²) in [6.45, 7) is 0.207. The molecule has 2 aromatic carbocycles. The van der Waals surface area contributed by atoms with Gasteiger partial charge in [0.15, 0.2) is 11.5 Å². The van der Waals surface area contributed by atoms with Crippen molar-refractivity contribution in [3.63, 3.8) is 0 Å². The third kappa shape index (κ3) is 3.22. The molecule has 2 heterocycles. The minimum absolute atomic E-state index is 0.0768. The third-order valence-electron chi connectivity index (χ3n) is 3.94. The van der Waals surface area contributed by atoms with Crippen molar-refractivity contribution in [2.24, 2.45) is 0 Å². The van der Waals surface area contributed by atoms with Gasteiger partial charge in [-0.05, 0) is 41.1 Å². The van der Waals surface area contributed by atoms with E-state index in [0.717, 1.165) is 21.8 Å². The van der Waals surface area contributed by atoms with Crippen molar-refractivity contribution in [3.05, 3.63) is 61.9 Å². The van der Waals surface area contributed by atoms with E-state index in [0.29, 0.717) is 27.0 Å². The molecule has 2 aliphatic rings. The summed E-state index contributed by atoms with van der Waals surface area (Å²) in [6, 6.07) is 10.8. The van der Waals surface area contributed by atoms with E-state index in [9.17, 15) is 9.59 Å². The maximum Gasteiger partial charge on any atom is 0.293 e. The summed E-state index contributed by atoms with van der Waals surface area (Å²) >= 11 is 10.6. The summed E-state index contributed by atoms with van der Waals surface area (Å²) in [5.74, 6) is 0.770. The van der Waals surface area contributed by atoms with Crippen molar-refractivity contribution in [1.29, 1.82) is 0 Å². The molecule has 0 saturated carbocycles. The quantitative estimate of drug-likeness (QED) is 0.609. The number of ether oxygens (including phenoxy) is 2. The molecule has 2 aliphatic heterocycles. The van der Waals surface area contributed by atoms with Gasteiger partial charge in [-0.2, -0.15) is 0 Å². The van der Waals surface area contributed by atoms with E-state index in [-0.39, 0.29) is 24.5 Å². The SMILES string of the molecule is O=C1S/C(=C\c2ccccc2Br)C(=O)N1Cc1cc2c(cc1Cl)OCO2. The fourth-order valence-electron chi connectivity index (χ4n) is 2.62. The standard InChI is InChI=1S/C18H11BrClNO4S/c19-12-4-2-1-3-10(12)6-16-17(22)21(18(23)26-16)8-11-5-14-15(7-13(11)20)25-9-24-14/h1-7H,8-9H2/b16-6-. The highest BCUT2D eigenvalue weighted by Gasteiger charge is 2.35. The van der Waals surface area contributed by atoms with Crippen LogP contribution in [0, 0.1) is 0 Å². The zero-order valence-corrected chi connectivity index (χ0v) is 16.4. The number of hydrogen-bond acceptors (Lipinski definition) is 5. The molecule has 1 fully saturated rings. The van der Waals surface area contributed by atoms with Gasteiger partial charge in [-0.1, -0.05) is 45.7 Å². The van der Waals surface area contributed by atoms with E-state index in [4.69, 9.17) is 21.1 Å². The van der Waals surface area contributed by atoms with Gasteiger partial charge in [-0.25, -0.2) is 0 Å². The first-order valence-electron chi connectivity index (χ1n) is 7.61.